The van der Waals surface area contributed by atoms with Crippen LogP contribution in [-0.4, -0.2) is 34.5 Å². The molecule has 0 unspecified atom stereocenters. The van der Waals surface area contributed by atoms with Gasteiger partial charge in [-0.05, 0) is 37.3 Å². The number of alkyl carbamates (subject to hydrolysis) is 1. The van der Waals surface area contributed by atoms with Crippen LogP contribution in [0.5, 0.6) is 11.6 Å². The van der Waals surface area contributed by atoms with Crippen molar-refractivity contribution < 1.29 is 19.1 Å². The fourth-order valence-electron chi connectivity index (χ4n) is 3.11. The Labute approximate surface area is 193 Å². The first-order valence-corrected chi connectivity index (χ1v) is 10.5. The summed E-state index contributed by atoms with van der Waals surface area (Å²) < 4.78 is 10.5. The third-order valence-corrected chi connectivity index (χ3v) is 5.09. The Kier molecular flexibility index (Phi) is 7.30. The van der Waals surface area contributed by atoms with Gasteiger partial charge in [0, 0.05) is 17.2 Å². The molecule has 0 aliphatic heterocycles. The predicted octanol–water partition coefficient (Wildman–Crippen LogP) is 3.00. The topological polar surface area (TPSA) is 159 Å². The number of aromatic nitrogens is 2. The minimum absolute atomic E-state index is 0.0164. The number of hydrogen-bond acceptors (Lipinski definition) is 9. The zero-order valence-electron chi connectivity index (χ0n) is 18.1. The number of nitrogens with one attached hydrogen (secondary N) is 3. The molecule has 1 aliphatic rings. The molecular weight excluding hydrogens is 452 g/mol. The SMILES string of the molecule is CCOC(=O)NC(=O)C(C#N)=NNc1cc(Cl)c(Oc2cc(C(C)C)c(=O)[nH]n2)c2c1CC2. The Morgan fingerprint density at radius 1 is 1.33 bits per heavy atom. The third-order valence-electron chi connectivity index (χ3n) is 4.81. The number of anilines is 1. The average molecular weight is 473 g/mol. The summed E-state index contributed by atoms with van der Waals surface area (Å²) in [6.45, 7) is 5.42. The zero-order chi connectivity index (χ0) is 24.1. The minimum Gasteiger partial charge on any atom is -0.450 e. The summed E-state index contributed by atoms with van der Waals surface area (Å²) in [4.78, 5) is 35.3. The molecule has 1 aromatic carbocycles. The minimum atomic E-state index is -1.00. The van der Waals surface area contributed by atoms with Gasteiger partial charge in [0.05, 0.1) is 17.3 Å². The number of hydrogen-bond donors (Lipinski definition) is 3. The highest BCUT2D eigenvalue weighted by molar-refractivity contribution is 6.46. The van der Waals surface area contributed by atoms with Crippen molar-refractivity contribution in [3.05, 3.63) is 44.2 Å². The van der Waals surface area contributed by atoms with E-state index in [1.807, 2.05) is 19.2 Å². The van der Waals surface area contributed by atoms with Gasteiger partial charge in [0.1, 0.15) is 6.07 Å². The van der Waals surface area contributed by atoms with Crippen molar-refractivity contribution in [2.75, 3.05) is 12.0 Å². The lowest BCUT2D eigenvalue weighted by atomic mass is 9.86. The molecule has 1 heterocycles. The van der Waals surface area contributed by atoms with Crippen LogP contribution in [0, 0.1) is 11.3 Å². The van der Waals surface area contributed by atoms with E-state index in [0.717, 1.165) is 11.1 Å². The molecular formula is C21H21ClN6O5. The summed E-state index contributed by atoms with van der Waals surface area (Å²) >= 11 is 6.42. The number of carbonyl (C=O) groups is 2. The number of nitriles is 1. The predicted molar refractivity (Wildman–Crippen MR) is 120 cm³/mol. The smallest absolute Gasteiger partial charge is 0.414 e. The van der Waals surface area contributed by atoms with Crippen molar-refractivity contribution in [3.8, 4) is 17.7 Å². The van der Waals surface area contributed by atoms with Crippen molar-refractivity contribution >= 4 is 35.0 Å². The van der Waals surface area contributed by atoms with Crippen LogP contribution in [0.4, 0.5) is 10.5 Å². The van der Waals surface area contributed by atoms with Gasteiger partial charge in [-0.25, -0.2) is 9.89 Å². The summed E-state index contributed by atoms with van der Waals surface area (Å²) in [7, 11) is 0. The summed E-state index contributed by atoms with van der Waals surface area (Å²) in [6.07, 6.45) is 0.391. The largest absolute Gasteiger partial charge is 0.450 e. The van der Waals surface area contributed by atoms with Crippen molar-refractivity contribution in [1.82, 2.24) is 15.5 Å². The molecule has 0 saturated heterocycles. The van der Waals surface area contributed by atoms with Crippen LogP contribution >= 0.6 is 11.6 Å². The molecule has 2 aromatic rings. The summed E-state index contributed by atoms with van der Waals surface area (Å²) in [5.74, 6) is -0.409. The molecule has 0 atom stereocenters. The Bertz CT molecular complexity index is 1230. The van der Waals surface area contributed by atoms with E-state index >= 15 is 0 Å². The van der Waals surface area contributed by atoms with Gasteiger partial charge in [-0.3, -0.25) is 20.3 Å². The van der Waals surface area contributed by atoms with Crippen LogP contribution in [0.3, 0.4) is 0 Å². The van der Waals surface area contributed by atoms with Crippen LogP contribution < -0.4 is 21.0 Å². The van der Waals surface area contributed by atoms with Crippen LogP contribution in [0.2, 0.25) is 5.02 Å². The van der Waals surface area contributed by atoms with Gasteiger partial charge in [0.25, 0.3) is 11.5 Å². The Balaban J connectivity index is 1.82. The first-order valence-electron chi connectivity index (χ1n) is 10.1. The first kappa shape index (κ1) is 23.7. The van der Waals surface area contributed by atoms with E-state index in [9.17, 15) is 19.6 Å². The second kappa shape index (κ2) is 10.1. The lowest BCUT2D eigenvalue weighted by Crippen LogP contribution is -2.36. The van der Waals surface area contributed by atoms with Gasteiger partial charge >= 0.3 is 6.09 Å². The standard InChI is InChI=1S/C21H21ClN6O5/c1-4-32-21(31)24-20(30)16(9-23)26-25-15-8-14(22)18(12-6-5-11(12)15)33-17-7-13(10(2)3)19(29)28-27-17/h7-8,10,25H,4-6H2,1-3H3,(H,28,29)(H,24,30,31). The molecule has 0 saturated carbocycles. The number of carbonyl (C=O) groups excluding carboxylic acids is 2. The van der Waals surface area contributed by atoms with Gasteiger partial charge in [-0.1, -0.05) is 25.4 Å². The number of halogens is 1. The van der Waals surface area contributed by atoms with Crippen molar-refractivity contribution in [1.29, 1.82) is 5.26 Å². The molecule has 33 heavy (non-hydrogen) atoms. The Morgan fingerprint density at radius 3 is 2.67 bits per heavy atom. The van der Waals surface area contributed by atoms with E-state index in [1.165, 1.54) is 0 Å². The molecule has 0 fully saturated rings. The van der Waals surface area contributed by atoms with E-state index in [0.29, 0.717) is 29.8 Å². The number of imide groups is 1. The fourth-order valence-corrected chi connectivity index (χ4v) is 3.37. The van der Waals surface area contributed by atoms with E-state index in [2.05, 4.69) is 25.5 Å². The molecule has 3 N–H and O–H groups in total. The highest BCUT2D eigenvalue weighted by Crippen LogP contribution is 2.44. The Hall–Kier alpha value is -3.91. The Morgan fingerprint density at radius 2 is 2.06 bits per heavy atom. The van der Waals surface area contributed by atoms with Crippen molar-refractivity contribution in [3.63, 3.8) is 0 Å². The molecule has 11 nitrogen and oxygen atoms in total. The highest BCUT2D eigenvalue weighted by atomic mass is 35.5. The van der Waals surface area contributed by atoms with Gasteiger partial charge in [0.15, 0.2) is 5.75 Å². The van der Waals surface area contributed by atoms with Crippen LogP contribution in [0.1, 0.15) is 43.4 Å². The van der Waals surface area contributed by atoms with Gasteiger partial charge in [-0.15, -0.1) is 5.10 Å². The van der Waals surface area contributed by atoms with Gasteiger partial charge in [0.2, 0.25) is 11.6 Å². The van der Waals surface area contributed by atoms with Gasteiger partial charge < -0.3 is 9.47 Å². The van der Waals surface area contributed by atoms with Crippen LogP contribution in [0.25, 0.3) is 0 Å². The molecule has 172 valence electrons. The monoisotopic (exact) mass is 472 g/mol. The number of ether oxygens (including phenoxy) is 2. The quantitative estimate of drug-likeness (QED) is 0.409. The zero-order valence-corrected chi connectivity index (χ0v) is 18.9. The molecule has 1 aliphatic carbocycles. The maximum Gasteiger partial charge on any atom is 0.414 e. The lowest BCUT2D eigenvalue weighted by Gasteiger charge is -2.26. The number of nitrogens with zero attached hydrogens (tertiary/aromatic N) is 3. The first-order chi connectivity index (χ1) is 15.7. The maximum atomic E-state index is 12.0. The lowest BCUT2D eigenvalue weighted by molar-refractivity contribution is -0.114. The normalized spacial score (nSPS) is 12.3. The van der Waals surface area contributed by atoms with Crippen molar-refractivity contribution in [2.45, 2.75) is 39.5 Å². The number of hydrazone groups is 1. The molecule has 1 aromatic heterocycles. The number of amides is 2. The molecule has 2 amide bonds. The third kappa shape index (κ3) is 5.30. The number of aromatic amines is 1. The number of H-pyrrole nitrogens is 1. The molecule has 12 heteroatoms. The van der Waals surface area contributed by atoms with Crippen LogP contribution in [0.15, 0.2) is 22.0 Å². The number of benzene rings is 1. The second-order valence-electron chi connectivity index (χ2n) is 7.30. The number of rotatable bonds is 7. The molecule has 3 rings (SSSR count). The molecule has 0 radical (unpaired) electrons. The summed E-state index contributed by atoms with van der Waals surface area (Å²) in [6, 6.07) is 4.74. The van der Waals surface area contributed by atoms with E-state index < -0.39 is 17.7 Å². The maximum absolute atomic E-state index is 12.0. The summed E-state index contributed by atoms with van der Waals surface area (Å²) in [5.41, 5.74) is 4.49. The van der Waals surface area contributed by atoms with E-state index in [4.69, 9.17) is 16.3 Å². The number of fused-ring (bicyclic) bond motifs is 1. The van der Waals surface area contributed by atoms with Crippen molar-refractivity contribution in [2.24, 2.45) is 5.10 Å². The van der Waals surface area contributed by atoms with Crippen LogP contribution in [-0.2, 0) is 22.4 Å². The fraction of sp³-hybridized carbons (Fsp3) is 0.333. The highest BCUT2D eigenvalue weighted by Gasteiger charge is 2.26. The average Bonchev–Trinajstić information content (AvgIpc) is 2.73. The van der Waals surface area contributed by atoms with E-state index in [-0.39, 0.29) is 29.0 Å². The molecule has 0 spiro atoms. The molecule has 0 bridgehead atoms. The second-order valence-corrected chi connectivity index (χ2v) is 7.71. The summed E-state index contributed by atoms with van der Waals surface area (Å²) in [5, 5.41) is 21.5. The van der Waals surface area contributed by atoms with E-state index in [1.54, 1.807) is 25.1 Å². The van der Waals surface area contributed by atoms with Gasteiger partial charge in [-0.2, -0.15) is 10.4 Å².